The van der Waals surface area contributed by atoms with E-state index in [2.05, 4.69) is 9.80 Å². The Morgan fingerprint density at radius 2 is 1.97 bits per heavy atom. The fourth-order valence-corrected chi connectivity index (χ4v) is 4.36. The van der Waals surface area contributed by atoms with Crippen LogP contribution in [0.2, 0.25) is 0 Å². The second kappa shape index (κ2) is 11.4. The second-order valence-electron chi connectivity index (χ2n) is 9.07. The van der Waals surface area contributed by atoms with E-state index in [-0.39, 0.29) is 11.7 Å². The Bertz CT molecular complexity index is 902. The van der Waals surface area contributed by atoms with Gasteiger partial charge in [0.15, 0.2) is 0 Å². The molecule has 6 heteroatoms. The van der Waals surface area contributed by atoms with Crippen molar-refractivity contribution in [3.05, 3.63) is 65.0 Å². The van der Waals surface area contributed by atoms with E-state index in [1.807, 2.05) is 56.3 Å². The maximum atomic E-state index is 14.1. The van der Waals surface area contributed by atoms with Crippen LogP contribution in [-0.4, -0.2) is 74.5 Å². The van der Waals surface area contributed by atoms with Crippen LogP contribution >= 0.6 is 0 Å². The lowest BCUT2D eigenvalue weighted by molar-refractivity contribution is 0.0659. The van der Waals surface area contributed by atoms with Crippen molar-refractivity contribution in [3.63, 3.8) is 0 Å². The van der Waals surface area contributed by atoms with Gasteiger partial charge in [0.1, 0.15) is 11.6 Å². The molecule has 1 aliphatic heterocycles. The largest absolute Gasteiger partial charge is 0.496 e. The molecule has 0 aliphatic carbocycles. The normalized spacial score (nSPS) is 16.9. The Balaban J connectivity index is 1.70. The molecule has 1 unspecified atom stereocenters. The minimum atomic E-state index is -0.147. The van der Waals surface area contributed by atoms with Gasteiger partial charge >= 0.3 is 0 Å². The summed E-state index contributed by atoms with van der Waals surface area (Å²) < 4.78 is 19.5. The summed E-state index contributed by atoms with van der Waals surface area (Å²) >= 11 is 0. The maximum Gasteiger partial charge on any atom is 0.254 e. The van der Waals surface area contributed by atoms with Crippen molar-refractivity contribution >= 4 is 5.91 Å². The molecule has 1 saturated heterocycles. The maximum absolute atomic E-state index is 14.1. The lowest BCUT2D eigenvalue weighted by Gasteiger charge is -2.36. The molecule has 0 bridgehead atoms. The number of nitrogens with zero attached hydrogens (tertiary/aromatic N) is 3. The monoisotopic (exact) mass is 441 g/mol. The molecule has 0 radical (unpaired) electrons. The summed E-state index contributed by atoms with van der Waals surface area (Å²) in [5.74, 6) is 0.994. The predicted molar refractivity (Wildman–Crippen MR) is 127 cm³/mol. The SMILES string of the molecule is COc1cc(C(=O)N(CCN(C)C)CC2CCCN(Cc3ccccc3F)C2)ccc1C. The lowest BCUT2D eigenvalue weighted by atomic mass is 9.96. The van der Waals surface area contributed by atoms with E-state index in [1.165, 1.54) is 6.07 Å². The highest BCUT2D eigenvalue weighted by Crippen LogP contribution is 2.23. The molecule has 1 aliphatic rings. The molecular formula is C26H36FN3O2. The fourth-order valence-electron chi connectivity index (χ4n) is 4.36. The van der Waals surface area contributed by atoms with Crippen molar-refractivity contribution in [3.8, 4) is 5.75 Å². The number of methoxy groups -OCH3 is 1. The smallest absolute Gasteiger partial charge is 0.254 e. The molecule has 174 valence electrons. The van der Waals surface area contributed by atoms with Gasteiger partial charge in [-0.2, -0.15) is 0 Å². The summed E-state index contributed by atoms with van der Waals surface area (Å²) in [5, 5.41) is 0. The number of likely N-dealkylation sites (N-methyl/N-ethyl adjacent to an activating group) is 1. The van der Waals surface area contributed by atoms with Gasteiger partial charge < -0.3 is 14.5 Å². The number of rotatable bonds is 9. The van der Waals surface area contributed by atoms with Gasteiger partial charge in [0.25, 0.3) is 5.91 Å². The number of aryl methyl sites for hydroxylation is 1. The number of hydrogen-bond donors (Lipinski definition) is 0. The van der Waals surface area contributed by atoms with Gasteiger partial charge in [-0.1, -0.05) is 24.3 Å². The second-order valence-corrected chi connectivity index (χ2v) is 9.07. The number of carbonyl (C=O) groups is 1. The van der Waals surface area contributed by atoms with Crippen LogP contribution in [-0.2, 0) is 6.54 Å². The summed E-state index contributed by atoms with van der Waals surface area (Å²) in [5.41, 5.74) is 2.41. The first-order valence-corrected chi connectivity index (χ1v) is 11.4. The molecule has 3 rings (SSSR count). The molecule has 2 aromatic carbocycles. The number of carbonyl (C=O) groups excluding carboxylic acids is 1. The van der Waals surface area contributed by atoms with E-state index < -0.39 is 0 Å². The third kappa shape index (κ3) is 6.53. The molecular weight excluding hydrogens is 405 g/mol. The average Bonchev–Trinajstić information content (AvgIpc) is 2.78. The standard InChI is InChI=1S/C26H36FN3O2/c1-20-11-12-22(16-25(20)32-4)26(31)30(15-14-28(2)3)18-21-8-7-13-29(17-21)19-23-9-5-6-10-24(23)27/h5-6,9-12,16,21H,7-8,13-15,17-19H2,1-4H3. The van der Waals surface area contributed by atoms with Crippen LogP contribution in [0.5, 0.6) is 5.75 Å². The van der Waals surface area contributed by atoms with Crippen LogP contribution in [0.15, 0.2) is 42.5 Å². The predicted octanol–water partition coefficient (Wildman–Crippen LogP) is 4.06. The fraction of sp³-hybridized carbons (Fsp3) is 0.500. The first-order valence-electron chi connectivity index (χ1n) is 11.4. The van der Waals surface area contributed by atoms with Crippen LogP contribution < -0.4 is 4.74 Å². The molecule has 0 N–H and O–H groups in total. The Morgan fingerprint density at radius 1 is 1.19 bits per heavy atom. The van der Waals surface area contributed by atoms with Crippen molar-refractivity contribution in [2.24, 2.45) is 5.92 Å². The third-order valence-electron chi connectivity index (χ3n) is 6.19. The summed E-state index contributed by atoms with van der Waals surface area (Å²) in [6.07, 6.45) is 2.14. The van der Waals surface area contributed by atoms with E-state index in [4.69, 9.17) is 4.74 Å². The van der Waals surface area contributed by atoms with Gasteiger partial charge in [-0.15, -0.1) is 0 Å². The molecule has 1 atom stereocenters. The molecule has 1 fully saturated rings. The third-order valence-corrected chi connectivity index (χ3v) is 6.19. The molecule has 0 saturated carbocycles. The molecule has 0 aromatic heterocycles. The van der Waals surface area contributed by atoms with Gasteiger partial charge in [0, 0.05) is 43.9 Å². The first-order chi connectivity index (χ1) is 15.4. The zero-order valence-electron chi connectivity index (χ0n) is 19.8. The first kappa shape index (κ1) is 24.2. The average molecular weight is 442 g/mol. The Kier molecular flexibility index (Phi) is 8.65. The Morgan fingerprint density at radius 3 is 2.69 bits per heavy atom. The van der Waals surface area contributed by atoms with E-state index in [1.54, 1.807) is 13.2 Å². The number of hydrogen-bond acceptors (Lipinski definition) is 4. The van der Waals surface area contributed by atoms with E-state index in [0.717, 1.165) is 49.4 Å². The number of halogens is 1. The summed E-state index contributed by atoms with van der Waals surface area (Å²) in [6.45, 7) is 6.61. The van der Waals surface area contributed by atoms with Crippen LogP contribution in [0.1, 0.15) is 34.3 Å². The van der Waals surface area contributed by atoms with Crippen molar-refractivity contribution in [2.45, 2.75) is 26.3 Å². The number of amides is 1. The Hall–Kier alpha value is -2.44. The zero-order valence-corrected chi connectivity index (χ0v) is 19.8. The highest BCUT2D eigenvalue weighted by Gasteiger charge is 2.26. The van der Waals surface area contributed by atoms with Crippen molar-refractivity contribution in [1.29, 1.82) is 0 Å². The van der Waals surface area contributed by atoms with Crippen LogP contribution in [0.4, 0.5) is 4.39 Å². The number of benzene rings is 2. The minimum Gasteiger partial charge on any atom is -0.496 e. The molecule has 5 nitrogen and oxygen atoms in total. The van der Waals surface area contributed by atoms with E-state index in [9.17, 15) is 9.18 Å². The van der Waals surface area contributed by atoms with E-state index >= 15 is 0 Å². The molecule has 1 heterocycles. The van der Waals surface area contributed by atoms with E-state index in [0.29, 0.717) is 31.1 Å². The molecule has 32 heavy (non-hydrogen) atoms. The van der Waals surface area contributed by atoms with Gasteiger partial charge in [0.05, 0.1) is 7.11 Å². The molecule has 0 spiro atoms. The van der Waals surface area contributed by atoms with Crippen LogP contribution in [0.3, 0.4) is 0 Å². The zero-order chi connectivity index (χ0) is 23.1. The molecule has 1 amide bonds. The van der Waals surface area contributed by atoms with Crippen molar-refractivity contribution in [1.82, 2.24) is 14.7 Å². The summed E-state index contributed by atoms with van der Waals surface area (Å²) in [6, 6.07) is 12.7. The van der Waals surface area contributed by atoms with Crippen LogP contribution in [0, 0.1) is 18.7 Å². The number of piperidine rings is 1. The topological polar surface area (TPSA) is 36.0 Å². The van der Waals surface area contributed by atoms with Gasteiger partial charge in [-0.05, 0) is 70.1 Å². The van der Waals surface area contributed by atoms with Crippen LogP contribution in [0.25, 0.3) is 0 Å². The van der Waals surface area contributed by atoms with Gasteiger partial charge in [-0.25, -0.2) is 4.39 Å². The quantitative estimate of drug-likeness (QED) is 0.588. The number of ether oxygens (including phenoxy) is 1. The molecule has 2 aromatic rings. The highest BCUT2D eigenvalue weighted by molar-refractivity contribution is 5.94. The summed E-state index contributed by atoms with van der Waals surface area (Å²) in [4.78, 5) is 19.8. The van der Waals surface area contributed by atoms with Crippen molar-refractivity contribution in [2.75, 3.05) is 53.9 Å². The Labute approximate surface area is 191 Å². The summed E-state index contributed by atoms with van der Waals surface area (Å²) in [7, 11) is 5.68. The number of likely N-dealkylation sites (tertiary alicyclic amines) is 1. The van der Waals surface area contributed by atoms with Crippen molar-refractivity contribution < 1.29 is 13.9 Å². The minimum absolute atomic E-state index is 0.0383. The highest BCUT2D eigenvalue weighted by atomic mass is 19.1. The van der Waals surface area contributed by atoms with Gasteiger partial charge in [-0.3, -0.25) is 9.69 Å². The lowest BCUT2D eigenvalue weighted by Crippen LogP contribution is -2.44. The van der Waals surface area contributed by atoms with Gasteiger partial charge in [0.2, 0.25) is 0 Å².